The normalized spacial score (nSPS) is 12.5. The summed E-state index contributed by atoms with van der Waals surface area (Å²) in [7, 11) is 0. The Morgan fingerprint density at radius 1 is 0.950 bits per heavy atom. The molecular weight excluding hydrogens is 268 g/mol. The molecule has 1 unspecified atom stereocenters. The van der Waals surface area contributed by atoms with Crippen LogP contribution in [-0.4, -0.2) is 5.11 Å². The molecule has 2 aromatic rings. The summed E-state index contributed by atoms with van der Waals surface area (Å²) in [4.78, 5) is 0. The zero-order valence-corrected chi connectivity index (χ0v) is 13.3. The van der Waals surface area contributed by atoms with E-state index >= 15 is 0 Å². The number of aryl methyl sites for hydroxylation is 4. The molecule has 0 fully saturated rings. The van der Waals surface area contributed by atoms with Gasteiger partial charge in [0.05, 0.1) is 6.10 Å². The van der Waals surface area contributed by atoms with Crippen molar-refractivity contribution in [2.75, 3.05) is 0 Å². The number of aliphatic hydroxyl groups is 1. The van der Waals surface area contributed by atoms with E-state index in [2.05, 4.69) is 32.9 Å². The monoisotopic (exact) mass is 288 g/mol. The molecule has 0 spiro atoms. The minimum absolute atomic E-state index is 0.493. The van der Waals surface area contributed by atoms with Crippen molar-refractivity contribution in [3.8, 4) is 0 Å². The largest absolute Gasteiger partial charge is 0.388 e. The number of hydrogen-bond acceptors (Lipinski definition) is 1. The minimum Gasteiger partial charge on any atom is -0.388 e. The number of benzene rings is 2. The molecule has 0 radical (unpaired) electrons. The van der Waals surface area contributed by atoms with E-state index in [4.69, 9.17) is 11.6 Å². The predicted molar refractivity (Wildman–Crippen MR) is 85.5 cm³/mol. The number of halogens is 1. The fraction of sp³-hybridized carbons (Fsp3) is 0.333. The molecule has 2 aromatic carbocycles. The summed E-state index contributed by atoms with van der Waals surface area (Å²) >= 11 is 5.97. The first-order chi connectivity index (χ1) is 9.38. The number of hydrogen-bond donors (Lipinski definition) is 1. The van der Waals surface area contributed by atoms with Crippen molar-refractivity contribution in [1.29, 1.82) is 0 Å². The average Bonchev–Trinajstić information content (AvgIpc) is 2.33. The molecule has 0 saturated heterocycles. The van der Waals surface area contributed by atoms with Crippen LogP contribution in [0.1, 0.15) is 39.5 Å². The summed E-state index contributed by atoms with van der Waals surface area (Å²) in [6.45, 7) is 8.30. The second kappa shape index (κ2) is 5.99. The van der Waals surface area contributed by atoms with Crippen molar-refractivity contribution in [3.05, 3.63) is 68.7 Å². The fourth-order valence-corrected chi connectivity index (χ4v) is 3.07. The zero-order chi connectivity index (χ0) is 14.9. The van der Waals surface area contributed by atoms with E-state index in [0.29, 0.717) is 11.4 Å². The van der Waals surface area contributed by atoms with Crippen LogP contribution >= 0.6 is 11.6 Å². The highest BCUT2D eigenvalue weighted by molar-refractivity contribution is 6.30. The molecule has 0 saturated carbocycles. The van der Waals surface area contributed by atoms with Crippen LogP contribution in [-0.2, 0) is 6.42 Å². The van der Waals surface area contributed by atoms with E-state index < -0.39 is 6.10 Å². The molecule has 0 aliphatic rings. The molecule has 0 aliphatic carbocycles. The SMILES string of the molecule is Cc1cc(C)c(CC(O)c2ccc(Cl)cc2C)c(C)c1. The Bertz CT molecular complexity index is 608. The molecule has 106 valence electrons. The second-order valence-corrected chi connectivity index (χ2v) is 6.03. The minimum atomic E-state index is -0.493. The Labute approximate surface area is 126 Å². The van der Waals surface area contributed by atoms with Crippen molar-refractivity contribution in [1.82, 2.24) is 0 Å². The molecule has 20 heavy (non-hydrogen) atoms. The number of aliphatic hydroxyl groups excluding tert-OH is 1. The third-order valence-electron chi connectivity index (χ3n) is 3.83. The van der Waals surface area contributed by atoms with Crippen molar-refractivity contribution in [2.45, 2.75) is 40.2 Å². The third kappa shape index (κ3) is 3.23. The Hall–Kier alpha value is -1.31. The molecule has 0 aromatic heterocycles. The van der Waals surface area contributed by atoms with E-state index in [-0.39, 0.29) is 0 Å². The zero-order valence-electron chi connectivity index (χ0n) is 12.5. The summed E-state index contributed by atoms with van der Waals surface area (Å²) in [5.41, 5.74) is 6.97. The molecular formula is C18H21ClO. The van der Waals surface area contributed by atoms with Gasteiger partial charge in [-0.2, -0.15) is 0 Å². The first-order valence-electron chi connectivity index (χ1n) is 6.89. The van der Waals surface area contributed by atoms with E-state index in [9.17, 15) is 5.11 Å². The predicted octanol–water partition coefficient (Wildman–Crippen LogP) is 4.85. The van der Waals surface area contributed by atoms with Crippen LogP contribution in [0.3, 0.4) is 0 Å². The number of rotatable bonds is 3. The molecule has 0 amide bonds. The van der Waals surface area contributed by atoms with Crippen LogP contribution in [0.5, 0.6) is 0 Å². The van der Waals surface area contributed by atoms with E-state index in [1.165, 1.54) is 22.3 Å². The van der Waals surface area contributed by atoms with Gasteiger partial charge in [0.2, 0.25) is 0 Å². The van der Waals surface area contributed by atoms with Gasteiger partial charge in [0.15, 0.2) is 0 Å². The van der Waals surface area contributed by atoms with E-state index in [1.807, 2.05) is 25.1 Å². The lowest BCUT2D eigenvalue weighted by Gasteiger charge is -2.18. The van der Waals surface area contributed by atoms with Gasteiger partial charge in [0, 0.05) is 11.4 Å². The Morgan fingerprint density at radius 3 is 2.10 bits per heavy atom. The van der Waals surface area contributed by atoms with Crippen LogP contribution in [0.2, 0.25) is 5.02 Å². The topological polar surface area (TPSA) is 20.2 Å². The molecule has 0 aliphatic heterocycles. The highest BCUT2D eigenvalue weighted by Gasteiger charge is 2.14. The van der Waals surface area contributed by atoms with Crippen molar-refractivity contribution in [2.24, 2.45) is 0 Å². The lowest BCUT2D eigenvalue weighted by atomic mass is 9.92. The Balaban J connectivity index is 2.30. The van der Waals surface area contributed by atoms with Crippen molar-refractivity contribution < 1.29 is 5.11 Å². The summed E-state index contributed by atoms with van der Waals surface area (Å²) in [5.74, 6) is 0. The van der Waals surface area contributed by atoms with Gasteiger partial charge in [0.25, 0.3) is 0 Å². The summed E-state index contributed by atoms with van der Waals surface area (Å²) in [6, 6.07) is 9.99. The standard InChI is InChI=1S/C18H21ClO/c1-11-7-12(2)17(13(3)8-11)10-18(20)16-6-5-15(19)9-14(16)4/h5-9,18,20H,10H2,1-4H3. The lowest BCUT2D eigenvalue weighted by molar-refractivity contribution is 0.177. The highest BCUT2D eigenvalue weighted by Crippen LogP contribution is 2.27. The van der Waals surface area contributed by atoms with Crippen LogP contribution in [0, 0.1) is 27.7 Å². The average molecular weight is 289 g/mol. The molecule has 1 atom stereocenters. The molecule has 1 nitrogen and oxygen atoms in total. The summed E-state index contributed by atoms with van der Waals surface area (Å²) < 4.78 is 0. The first-order valence-corrected chi connectivity index (χ1v) is 7.27. The van der Waals surface area contributed by atoms with Crippen LogP contribution in [0.25, 0.3) is 0 Å². The summed E-state index contributed by atoms with van der Waals surface area (Å²) in [5, 5.41) is 11.2. The van der Waals surface area contributed by atoms with Crippen LogP contribution in [0.15, 0.2) is 30.3 Å². The van der Waals surface area contributed by atoms with Crippen LogP contribution < -0.4 is 0 Å². The van der Waals surface area contributed by atoms with Crippen molar-refractivity contribution >= 4 is 11.6 Å². The third-order valence-corrected chi connectivity index (χ3v) is 4.06. The maximum atomic E-state index is 10.5. The van der Waals surface area contributed by atoms with Gasteiger partial charge in [-0.1, -0.05) is 35.4 Å². The van der Waals surface area contributed by atoms with Gasteiger partial charge < -0.3 is 5.11 Å². The fourth-order valence-electron chi connectivity index (χ4n) is 2.85. The van der Waals surface area contributed by atoms with Gasteiger partial charge in [0.1, 0.15) is 0 Å². The molecule has 1 N–H and O–H groups in total. The van der Waals surface area contributed by atoms with Gasteiger partial charge in [-0.25, -0.2) is 0 Å². The van der Waals surface area contributed by atoms with Gasteiger partial charge >= 0.3 is 0 Å². The van der Waals surface area contributed by atoms with Crippen LogP contribution in [0.4, 0.5) is 0 Å². The quantitative estimate of drug-likeness (QED) is 0.856. The van der Waals surface area contributed by atoms with Gasteiger partial charge in [-0.3, -0.25) is 0 Å². The van der Waals surface area contributed by atoms with E-state index in [1.54, 1.807) is 0 Å². The molecule has 2 heteroatoms. The Morgan fingerprint density at radius 2 is 1.55 bits per heavy atom. The lowest BCUT2D eigenvalue weighted by Crippen LogP contribution is -2.07. The Kier molecular flexibility index (Phi) is 4.52. The van der Waals surface area contributed by atoms with Gasteiger partial charge in [-0.05, 0) is 67.6 Å². The maximum absolute atomic E-state index is 10.5. The first kappa shape index (κ1) is 15.1. The molecule has 0 bridgehead atoms. The van der Waals surface area contributed by atoms with Gasteiger partial charge in [-0.15, -0.1) is 0 Å². The summed E-state index contributed by atoms with van der Waals surface area (Å²) in [6.07, 6.45) is 0.146. The molecule has 0 heterocycles. The maximum Gasteiger partial charge on any atom is 0.0833 e. The molecule has 2 rings (SSSR count). The second-order valence-electron chi connectivity index (χ2n) is 5.60. The van der Waals surface area contributed by atoms with E-state index in [0.717, 1.165) is 11.1 Å². The smallest absolute Gasteiger partial charge is 0.0833 e. The van der Waals surface area contributed by atoms with Crippen molar-refractivity contribution in [3.63, 3.8) is 0 Å². The highest BCUT2D eigenvalue weighted by atomic mass is 35.5.